The lowest BCUT2D eigenvalue weighted by molar-refractivity contribution is 0.768. The number of benzene rings is 12. The highest BCUT2D eigenvalue weighted by Gasteiger charge is 2.46. The van der Waals surface area contributed by atoms with Gasteiger partial charge in [0.25, 0.3) is 0 Å². The Morgan fingerprint density at radius 3 is 1.29 bits per heavy atom. The smallest absolute Gasteiger partial charge is 0.0713 e. The predicted molar refractivity (Wildman–Crippen MR) is 303 cm³/mol. The van der Waals surface area contributed by atoms with E-state index in [0.29, 0.717) is 0 Å². The van der Waals surface area contributed by atoms with Gasteiger partial charge in [0.15, 0.2) is 0 Å². The fraction of sp³-hybridized carbons (Fsp3) is 0.0141. The Morgan fingerprint density at radius 1 is 0.236 bits per heavy atom. The van der Waals surface area contributed by atoms with Crippen LogP contribution in [-0.4, -0.2) is 0 Å². The van der Waals surface area contributed by atoms with Gasteiger partial charge in [-0.3, -0.25) is 0 Å². The molecule has 0 bridgehead atoms. The maximum atomic E-state index is 2.48. The second kappa shape index (κ2) is 18.2. The van der Waals surface area contributed by atoms with Crippen LogP contribution in [0.3, 0.4) is 0 Å². The predicted octanol–water partition coefficient (Wildman–Crippen LogP) is 19.0. The van der Waals surface area contributed by atoms with E-state index in [9.17, 15) is 0 Å². The summed E-state index contributed by atoms with van der Waals surface area (Å²) in [6.07, 6.45) is 0. The zero-order chi connectivity index (χ0) is 47.8. The molecule has 72 heavy (non-hydrogen) atoms. The van der Waals surface area contributed by atoms with E-state index in [1.165, 1.54) is 83.1 Å². The first-order valence-corrected chi connectivity index (χ1v) is 24.9. The van der Waals surface area contributed by atoms with E-state index >= 15 is 0 Å². The summed E-state index contributed by atoms with van der Waals surface area (Å²) < 4.78 is 0. The Morgan fingerprint density at radius 2 is 0.639 bits per heavy atom. The molecule has 0 saturated carbocycles. The van der Waals surface area contributed by atoms with Crippen molar-refractivity contribution in [3.63, 3.8) is 0 Å². The van der Waals surface area contributed by atoms with Gasteiger partial charge in [-0.15, -0.1) is 0 Å². The number of hydrogen-bond donors (Lipinski definition) is 0. The molecular formula is C71H49N. The minimum absolute atomic E-state index is 0.476. The van der Waals surface area contributed by atoms with Gasteiger partial charge < -0.3 is 4.90 Å². The van der Waals surface area contributed by atoms with E-state index in [4.69, 9.17) is 0 Å². The van der Waals surface area contributed by atoms with Crippen LogP contribution in [0.5, 0.6) is 0 Å². The molecule has 12 aromatic rings. The molecule has 12 aromatic carbocycles. The van der Waals surface area contributed by atoms with Crippen LogP contribution in [0.2, 0.25) is 0 Å². The monoisotopic (exact) mass is 915 g/mol. The van der Waals surface area contributed by atoms with E-state index in [1.807, 2.05) is 0 Å². The average molecular weight is 916 g/mol. The molecule has 0 aromatic heterocycles. The highest BCUT2D eigenvalue weighted by Crippen LogP contribution is 2.58. The molecule has 1 aliphatic rings. The maximum absolute atomic E-state index is 2.48. The van der Waals surface area contributed by atoms with Crippen LogP contribution in [0.4, 0.5) is 17.1 Å². The number of hydrogen-bond acceptors (Lipinski definition) is 1. The van der Waals surface area contributed by atoms with Gasteiger partial charge in [0.2, 0.25) is 0 Å². The van der Waals surface area contributed by atoms with Crippen molar-refractivity contribution in [2.45, 2.75) is 5.41 Å². The van der Waals surface area contributed by atoms with Crippen molar-refractivity contribution >= 4 is 27.8 Å². The van der Waals surface area contributed by atoms with Gasteiger partial charge in [0, 0.05) is 16.8 Å². The summed E-state index contributed by atoms with van der Waals surface area (Å²) >= 11 is 0. The summed E-state index contributed by atoms with van der Waals surface area (Å²) in [7, 11) is 0. The van der Waals surface area contributed by atoms with Crippen molar-refractivity contribution in [3.05, 3.63) is 320 Å². The molecule has 1 nitrogen and oxygen atoms in total. The SMILES string of the molecule is c1ccc(-c2ccc(-c3ccccc3N(c3ccc(-c4cccc5c4-c4ccccc4C5(c4ccccc4)c4ccccc4)cc3)c3ccccc3-c3cccc4cccc(-c5ccccc5)c34)cc2)cc1. The molecule has 0 atom stereocenters. The van der Waals surface area contributed by atoms with Crippen LogP contribution < -0.4 is 4.90 Å². The van der Waals surface area contributed by atoms with E-state index in [0.717, 1.165) is 33.8 Å². The third-order valence-electron chi connectivity index (χ3n) is 14.8. The van der Waals surface area contributed by atoms with Crippen LogP contribution in [-0.2, 0) is 5.41 Å². The molecular weight excluding hydrogens is 867 g/mol. The highest BCUT2D eigenvalue weighted by atomic mass is 15.1. The Balaban J connectivity index is 1.00. The summed E-state index contributed by atoms with van der Waals surface area (Å²) in [4.78, 5) is 2.48. The molecule has 0 heterocycles. The maximum Gasteiger partial charge on any atom is 0.0713 e. The lowest BCUT2D eigenvalue weighted by Crippen LogP contribution is -2.28. The molecule has 0 spiro atoms. The molecule has 0 fully saturated rings. The third kappa shape index (κ3) is 7.17. The Labute approximate surface area is 422 Å². The van der Waals surface area contributed by atoms with Crippen LogP contribution in [0.15, 0.2) is 297 Å². The number of nitrogens with zero attached hydrogens (tertiary/aromatic N) is 1. The third-order valence-corrected chi connectivity index (χ3v) is 14.8. The van der Waals surface area contributed by atoms with E-state index in [2.05, 4.69) is 302 Å². The van der Waals surface area contributed by atoms with Crippen LogP contribution in [0.1, 0.15) is 22.3 Å². The van der Waals surface area contributed by atoms with E-state index in [-0.39, 0.29) is 0 Å². The Kier molecular flexibility index (Phi) is 10.8. The summed E-state index contributed by atoms with van der Waals surface area (Å²) in [6, 6.07) is 109. The largest absolute Gasteiger partial charge is 0.309 e. The summed E-state index contributed by atoms with van der Waals surface area (Å²) in [5, 5.41) is 2.44. The molecule has 0 unspecified atom stereocenters. The van der Waals surface area contributed by atoms with Gasteiger partial charge in [0.05, 0.1) is 16.8 Å². The van der Waals surface area contributed by atoms with Crippen LogP contribution >= 0.6 is 0 Å². The number of fused-ring (bicyclic) bond motifs is 4. The first-order chi connectivity index (χ1) is 35.8. The van der Waals surface area contributed by atoms with E-state index < -0.39 is 5.41 Å². The van der Waals surface area contributed by atoms with Crippen molar-refractivity contribution in [1.29, 1.82) is 0 Å². The lowest BCUT2D eigenvalue weighted by Gasteiger charge is -2.34. The van der Waals surface area contributed by atoms with Gasteiger partial charge in [0.1, 0.15) is 0 Å². The second-order valence-electron chi connectivity index (χ2n) is 18.7. The van der Waals surface area contributed by atoms with Gasteiger partial charge in [-0.2, -0.15) is 0 Å². The molecule has 0 N–H and O–H groups in total. The quantitative estimate of drug-likeness (QED) is 0.132. The van der Waals surface area contributed by atoms with Crippen LogP contribution in [0, 0.1) is 0 Å². The lowest BCUT2D eigenvalue weighted by atomic mass is 9.67. The first-order valence-electron chi connectivity index (χ1n) is 24.9. The second-order valence-corrected chi connectivity index (χ2v) is 18.7. The number of para-hydroxylation sites is 2. The van der Waals surface area contributed by atoms with Gasteiger partial charge >= 0.3 is 0 Å². The molecule has 0 saturated heterocycles. The van der Waals surface area contributed by atoms with Crippen molar-refractivity contribution in [1.82, 2.24) is 0 Å². The molecule has 0 amide bonds. The van der Waals surface area contributed by atoms with Crippen molar-refractivity contribution in [3.8, 4) is 66.8 Å². The Hall–Kier alpha value is -9.30. The fourth-order valence-electron chi connectivity index (χ4n) is 11.6. The zero-order valence-electron chi connectivity index (χ0n) is 39.7. The van der Waals surface area contributed by atoms with E-state index in [1.54, 1.807) is 0 Å². The normalized spacial score (nSPS) is 12.3. The summed E-state index contributed by atoms with van der Waals surface area (Å²) in [5.74, 6) is 0. The van der Waals surface area contributed by atoms with Crippen molar-refractivity contribution in [2.75, 3.05) is 4.90 Å². The van der Waals surface area contributed by atoms with Crippen molar-refractivity contribution < 1.29 is 0 Å². The average Bonchev–Trinajstić information content (AvgIpc) is 3.78. The molecule has 1 heteroatoms. The minimum atomic E-state index is -0.476. The summed E-state index contributed by atoms with van der Waals surface area (Å²) in [6.45, 7) is 0. The molecule has 0 aliphatic heterocycles. The first kappa shape index (κ1) is 42.8. The Bertz CT molecular complexity index is 3830. The highest BCUT2D eigenvalue weighted by molar-refractivity contribution is 6.09. The van der Waals surface area contributed by atoms with Gasteiger partial charge in [-0.05, 0) is 113 Å². The number of anilines is 3. The molecule has 1 aliphatic carbocycles. The minimum Gasteiger partial charge on any atom is -0.309 e. The van der Waals surface area contributed by atoms with Gasteiger partial charge in [-0.25, -0.2) is 0 Å². The standard InChI is InChI=1S/C71H49N/c1-5-22-50(23-6-1)51-42-44-53(45-43-51)59-32-14-17-40-67(59)72(68-41-18-15-33-62(68)63-37-20-27-55-26-19-35-60(69(55)63)52-24-7-2-8-25-52)58-48-46-54(47-49-58)61-36-21-39-66-70(61)64-34-13-16-38-65(64)71(66,56-28-9-3-10-29-56)57-30-11-4-12-31-57/h1-49H. The topological polar surface area (TPSA) is 3.24 Å². The molecule has 338 valence electrons. The van der Waals surface area contributed by atoms with Crippen molar-refractivity contribution in [2.24, 2.45) is 0 Å². The molecule has 0 radical (unpaired) electrons. The molecule has 13 rings (SSSR count). The number of rotatable bonds is 10. The fourth-order valence-corrected chi connectivity index (χ4v) is 11.6. The zero-order valence-corrected chi connectivity index (χ0v) is 39.7. The van der Waals surface area contributed by atoms with Gasteiger partial charge in [-0.1, -0.05) is 273 Å². The summed E-state index contributed by atoms with van der Waals surface area (Å²) in [5.41, 5.74) is 22.3. The van der Waals surface area contributed by atoms with Crippen LogP contribution in [0.25, 0.3) is 77.5 Å².